The normalized spacial score (nSPS) is 10.7. The van der Waals surface area contributed by atoms with Gasteiger partial charge in [-0.15, -0.1) is 0 Å². The number of furan rings is 1. The van der Waals surface area contributed by atoms with Crippen LogP contribution in [0.1, 0.15) is 27.5 Å². The van der Waals surface area contributed by atoms with Crippen LogP contribution in [0.4, 0.5) is 5.69 Å². The first-order valence-corrected chi connectivity index (χ1v) is 8.05. The predicted octanol–water partition coefficient (Wildman–Crippen LogP) is 3.92. The van der Waals surface area contributed by atoms with Crippen molar-refractivity contribution in [3.05, 3.63) is 81.6 Å². The van der Waals surface area contributed by atoms with Gasteiger partial charge in [-0.05, 0) is 44.2 Å². The van der Waals surface area contributed by atoms with E-state index in [2.05, 4.69) is 0 Å². The van der Waals surface area contributed by atoms with E-state index in [1.807, 2.05) is 36.6 Å². The largest absolute Gasteiger partial charge is 0.485 e. The summed E-state index contributed by atoms with van der Waals surface area (Å²) in [5, 5.41) is 10.7. The maximum Gasteiger partial charge on any atom is 0.269 e. The average molecular weight is 354 g/mol. The number of carbonyl (C=O) groups excluding carboxylic acids is 1. The van der Waals surface area contributed by atoms with E-state index in [0.29, 0.717) is 17.9 Å². The van der Waals surface area contributed by atoms with E-state index in [9.17, 15) is 14.9 Å². The Kier molecular flexibility index (Phi) is 4.88. The number of rotatable bonds is 7. The van der Waals surface area contributed by atoms with Crippen LogP contribution in [0.25, 0.3) is 0 Å². The number of carbonyl (C=O) groups is 1. The summed E-state index contributed by atoms with van der Waals surface area (Å²) in [6.07, 6.45) is 1.62. The molecular weight excluding hydrogens is 336 g/mol. The van der Waals surface area contributed by atoms with E-state index in [1.165, 1.54) is 24.3 Å². The van der Waals surface area contributed by atoms with Crippen molar-refractivity contribution < 1.29 is 18.9 Å². The van der Waals surface area contributed by atoms with Gasteiger partial charge < -0.3 is 13.7 Å². The molecule has 0 fully saturated rings. The Morgan fingerprint density at radius 1 is 1.23 bits per heavy atom. The molecule has 0 unspecified atom stereocenters. The Bertz CT molecular complexity index is 924. The zero-order valence-corrected chi connectivity index (χ0v) is 14.5. The fraction of sp³-hybridized carbons (Fsp3) is 0.211. The molecule has 134 valence electrons. The Morgan fingerprint density at radius 3 is 2.58 bits per heavy atom. The Labute approximate surface area is 150 Å². The number of nitro benzene ring substituents is 1. The molecule has 7 nitrogen and oxygen atoms in total. The Hall–Kier alpha value is -3.35. The van der Waals surface area contributed by atoms with Crippen LogP contribution in [-0.2, 0) is 6.54 Å². The van der Waals surface area contributed by atoms with E-state index in [4.69, 9.17) is 9.15 Å². The van der Waals surface area contributed by atoms with Crippen LogP contribution in [0.3, 0.4) is 0 Å². The molecule has 3 aromatic rings. The summed E-state index contributed by atoms with van der Waals surface area (Å²) in [4.78, 5) is 22.7. The summed E-state index contributed by atoms with van der Waals surface area (Å²) in [6.45, 7) is 4.24. The number of nitrogens with zero attached hydrogens (tertiary/aromatic N) is 2. The molecule has 7 heteroatoms. The van der Waals surface area contributed by atoms with Crippen LogP contribution < -0.4 is 4.74 Å². The summed E-state index contributed by atoms with van der Waals surface area (Å²) in [7, 11) is 0. The van der Waals surface area contributed by atoms with Gasteiger partial charge in [-0.25, -0.2) is 0 Å². The van der Waals surface area contributed by atoms with Crippen molar-refractivity contribution in [2.24, 2.45) is 0 Å². The van der Waals surface area contributed by atoms with Gasteiger partial charge in [-0.2, -0.15) is 0 Å². The van der Waals surface area contributed by atoms with Gasteiger partial charge in [0, 0.05) is 29.1 Å². The first-order valence-electron chi connectivity index (χ1n) is 8.05. The van der Waals surface area contributed by atoms with Crippen LogP contribution >= 0.6 is 0 Å². The van der Waals surface area contributed by atoms with Gasteiger partial charge >= 0.3 is 0 Å². The van der Waals surface area contributed by atoms with Gasteiger partial charge in [-0.3, -0.25) is 14.9 Å². The van der Waals surface area contributed by atoms with Crippen molar-refractivity contribution >= 4 is 11.5 Å². The molecule has 26 heavy (non-hydrogen) atoms. The van der Waals surface area contributed by atoms with Gasteiger partial charge in [0.15, 0.2) is 6.61 Å². The average Bonchev–Trinajstić information content (AvgIpc) is 3.24. The number of hydrogen-bond donors (Lipinski definition) is 0. The Balaban J connectivity index is 1.69. The fourth-order valence-corrected chi connectivity index (χ4v) is 2.78. The van der Waals surface area contributed by atoms with E-state index in [-0.39, 0.29) is 18.1 Å². The number of non-ortho nitro benzene ring substituents is 1. The third-order valence-corrected chi connectivity index (χ3v) is 4.19. The van der Waals surface area contributed by atoms with Crippen LogP contribution in [0, 0.1) is 24.0 Å². The van der Waals surface area contributed by atoms with Gasteiger partial charge in [0.05, 0.1) is 17.7 Å². The molecule has 0 N–H and O–H groups in total. The van der Waals surface area contributed by atoms with Crippen molar-refractivity contribution in [3.63, 3.8) is 0 Å². The second-order valence-electron chi connectivity index (χ2n) is 5.91. The molecule has 0 aliphatic heterocycles. The maximum atomic E-state index is 12.5. The molecule has 0 aliphatic rings. The maximum absolute atomic E-state index is 12.5. The predicted molar refractivity (Wildman–Crippen MR) is 94.6 cm³/mol. The highest BCUT2D eigenvalue weighted by Crippen LogP contribution is 2.20. The van der Waals surface area contributed by atoms with Crippen molar-refractivity contribution in [1.82, 2.24) is 4.57 Å². The summed E-state index contributed by atoms with van der Waals surface area (Å²) >= 11 is 0. The smallest absolute Gasteiger partial charge is 0.269 e. The summed E-state index contributed by atoms with van der Waals surface area (Å²) in [6, 6.07) is 11.2. The first-order chi connectivity index (χ1) is 12.5. The number of Topliss-reactive ketones (excluding diaryl/α,β-unsaturated/α-hetero) is 1. The number of ether oxygens (including phenoxy) is 1. The SMILES string of the molecule is Cc1cc(C(=O)COc2ccc([N+](=O)[O-])cc2)c(C)n1Cc1ccco1. The summed E-state index contributed by atoms with van der Waals surface area (Å²) in [5.74, 6) is 1.07. The van der Waals surface area contributed by atoms with Gasteiger partial charge in [0.2, 0.25) is 5.78 Å². The van der Waals surface area contributed by atoms with Crippen molar-refractivity contribution in [3.8, 4) is 5.75 Å². The number of ketones is 1. The molecule has 0 amide bonds. The van der Waals surface area contributed by atoms with Gasteiger partial charge in [0.25, 0.3) is 5.69 Å². The van der Waals surface area contributed by atoms with Crippen LogP contribution in [0.15, 0.2) is 53.1 Å². The van der Waals surface area contributed by atoms with E-state index < -0.39 is 4.92 Å². The minimum atomic E-state index is -0.483. The highest BCUT2D eigenvalue weighted by molar-refractivity contribution is 5.98. The highest BCUT2D eigenvalue weighted by Gasteiger charge is 2.17. The molecule has 0 aliphatic carbocycles. The number of nitro groups is 1. The van der Waals surface area contributed by atoms with Crippen molar-refractivity contribution in [2.45, 2.75) is 20.4 Å². The number of aromatic nitrogens is 1. The van der Waals surface area contributed by atoms with Gasteiger partial charge in [-0.1, -0.05) is 0 Å². The van der Waals surface area contributed by atoms with Crippen molar-refractivity contribution in [1.29, 1.82) is 0 Å². The molecule has 0 bridgehead atoms. The second kappa shape index (κ2) is 7.26. The molecule has 1 aromatic carbocycles. The number of benzene rings is 1. The zero-order valence-electron chi connectivity index (χ0n) is 14.5. The van der Waals surface area contributed by atoms with E-state index in [0.717, 1.165) is 17.1 Å². The topological polar surface area (TPSA) is 87.5 Å². The molecule has 0 spiro atoms. The molecule has 2 heterocycles. The Morgan fingerprint density at radius 2 is 1.96 bits per heavy atom. The van der Waals surface area contributed by atoms with Crippen LogP contribution in [0.5, 0.6) is 5.75 Å². The molecule has 0 saturated heterocycles. The highest BCUT2D eigenvalue weighted by atomic mass is 16.6. The second-order valence-corrected chi connectivity index (χ2v) is 5.91. The monoisotopic (exact) mass is 354 g/mol. The van der Waals surface area contributed by atoms with Gasteiger partial charge in [0.1, 0.15) is 11.5 Å². The lowest BCUT2D eigenvalue weighted by molar-refractivity contribution is -0.384. The zero-order chi connectivity index (χ0) is 18.7. The van der Waals surface area contributed by atoms with E-state index >= 15 is 0 Å². The summed E-state index contributed by atoms with van der Waals surface area (Å²) < 4.78 is 12.8. The third kappa shape index (κ3) is 3.66. The number of aryl methyl sites for hydroxylation is 1. The lowest BCUT2D eigenvalue weighted by Gasteiger charge is -2.08. The minimum Gasteiger partial charge on any atom is -0.485 e. The van der Waals surface area contributed by atoms with E-state index in [1.54, 1.807) is 6.26 Å². The first kappa shape index (κ1) is 17.5. The van der Waals surface area contributed by atoms with Crippen LogP contribution in [-0.4, -0.2) is 21.9 Å². The molecule has 0 radical (unpaired) electrons. The summed E-state index contributed by atoms with van der Waals surface area (Å²) in [5.41, 5.74) is 2.37. The standard InChI is InChI=1S/C19H18N2O5/c1-13-10-18(14(2)20(13)11-17-4-3-9-25-17)19(22)12-26-16-7-5-15(6-8-16)21(23)24/h3-10H,11-12H2,1-2H3. The molecule has 2 aromatic heterocycles. The quantitative estimate of drug-likeness (QED) is 0.365. The minimum absolute atomic E-state index is 0.0230. The molecule has 0 saturated carbocycles. The molecular formula is C19H18N2O5. The third-order valence-electron chi connectivity index (χ3n) is 4.19. The van der Waals surface area contributed by atoms with Crippen LogP contribution in [0.2, 0.25) is 0 Å². The molecule has 3 rings (SSSR count). The van der Waals surface area contributed by atoms with Crippen molar-refractivity contribution in [2.75, 3.05) is 6.61 Å². The number of hydrogen-bond acceptors (Lipinski definition) is 5. The molecule has 0 atom stereocenters. The lowest BCUT2D eigenvalue weighted by atomic mass is 10.1. The fourth-order valence-electron chi connectivity index (χ4n) is 2.78. The lowest BCUT2D eigenvalue weighted by Crippen LogP contribution is -2.13.